The van der Waals surface area contributed by atoms with Crippen LogP contribution in [0, 0.1) is 11.2 Å². The van der Waals surface area contributed by atoms with Crippen LogP contribution in [-0.4, -0.2) is 0 Å². The molecule has 0 bridgehead atoms. The van der Waals surface area contributed by atoms with E-state index in [2.05, 4.69) is 26.8 Å². The lowest BCUT2D eigenvalue weighted by Gasteiger charge is -2.20. The van der Waals surface area contributed by atoms with E-state index in [1.54, 1.807) is 6.07 Å². The highest BCUT2D eigenvalue weighted by Gasteiger charge is 2.24. The van der Waals surface area contributed by atoms with Gasteiger partial charge in [0.1, 0.15) is 5.82 Å². The maximum Gasteiger partial charge on any atom is 0.127 e. The van der Waals surface area contributed by atoms with Crippen LogP contribution in [0.1, 0.15) is 31.9 Å². The van der Waals surface area contributed by atoms with Crippen molar-refractivity contribution in [1.82, 2.24) is 0 Å². The van der Waals surface area contributed by atoms with Gasteiger partial charge in [0.05, 0.1) is 0 Å². The molecule has 0 saturated heterocycles. The molecule has 1 aromatic rings. The molecule has 0 aliphatic heterocycles. The van der Waals surface area contributed by atoms with Crippen molar-refractivity contribution in [2.24, 2.45) is 5.41 Å². The summed E-state index contributed by atoms with van der Waals surface area (Å²) in [6, 6.07) is 5.30. The van der Waals surface area contributed by atoms with Crippen LogP contribution in [0.25, 0.3) is 6.08 Å². The molecular formula is C13H15F. The number of allylic oxidation sites excluding steroid dienone is 1. The van der Waals surface area contributed by atoms with Crippen LogP contribution in [-0.2, 0) is 6.42 Å². The Morgan fingerprint density at radius 3 is 2.50 bits per heavy atom. The minimum absolute atomic E-state index is 0.0713. The van der Waals surface area contributed by atoms with E-state index in [1.165, 1.54) is 11.6 Å². The fourth-order valence-electron chi connectivity index (χ4n) is 1.81. The zero-order valence-electron chi connectivity index (χ0n) is 8.89. The largest absolute Gasteiger partial charge is 0.207 e. The van der Waals surface area contributed by atoms with Crippen LogP contribution in [0.4, 0.5) is 4.39 Å². The first-order valence-electron chi connectivity index (χ1n) is 4.97. The van der Waals surface area contributed by atoms with Crippen molar-refractivity contribution >= 4 is 6.08 Å². The van der Waals surface area contributed by atoms with Crippen molar-refractivity contribution in [3.05, 3.63) is 40.7 Å². The molecule has 0 spiro atoms. The minimum atomic E-state index is -0.0713. The Kier molecular flexibility index (Phi) is 1.99. The van der Waals surface area contributed by atoms with Crippen molar-refractivity contribution in [1.29, 1.82) is 0 Å². The van der Waals surface area contributed by atoms with Crippen molar-refractivity contribution in [3.8, 4) is 0 Å². The Morgan fingerprint density at radius 2 is 1.93 bits per heavy atom. The fourth-order valence-corrected chi connectivity index (χ4v) is 1.81. The van der Waals surface area contributed by atoms with E-state index in [0.29, 0.717) is 0 Å². The first kappa shape index (κ1) is 9.45. The molecule has 0 aromatic heterocycles. The first-order chi connectivity index (χ1) is 6.48. The molecule has 74 valence electrons. The summed E-state index contributed by atoms with van der Waals surface area (Å²) in [6.07, 6.45) is 2.89. The van der Waals surface area contributed by atoms with Crippen LogP contribution >= 0.6 is 0 Å². The van der Waals surface area contributed by atoms with Crippen molar-refractivity contribution < 1.29 is 4.39 Å². The van der Waals surface area contributed by atoms with Crippen molar-refractivity contribution in [2.45, 2.75) is 27.2 Å². The maximum atomic E-state index is 13.4. The molecule has 0 nitrogen and oxygen atoms in total. The molecule has 1 aliphatic rings. The standard InChI is InChI=1S/C13H15F/c1-13(2,3)10-7-9-5-4-6-12(14)11(9)8-10/h4-7H,8H2,1-3H3. The highest BCUT2D eigenvalue weighted by molar-refractivity contribution is 5.65. The lowest BCUT2D eigenvalue weighted by Crippen LogP contribution is -2.09. The lowest BCUT2D eigenvalue weighted by atomic mass is 9.85. The van der Waals surface area contributed by atoms with Gasteiger partial charge in [-0.05, 0) is 29.0 Å². The van der Waals surface area contributed by atoms with Gasteiger partial charge in [0.15, 0.2) is 0 Å². The molecule has 1 heteroatoms. The van der Waals surface area contributed by atoms with E-state index in [-0.39, 0.29) is 11.2 Å². The Labute approximate surface area is 84.5 Å². The predicted octanol–water partition coefficient (Wildman–Crippen LogP) is 3.81. The summed E-state index contributed by atoms with van der Waals surface area (Å²) >= 11 is 0. The summed E-state index contributed by atoms with van der Waals surface area (Å²) in [5, 5.41) is 0. The Hall–Kier alpha value is -1.11. The van der Waals surface area contributed by atoms with Gasteiger partial charge in [-0.1, -0.05) is 44.6 Å². The Balaban J connectivity index is 2.42. The third-order valence-corrected chi connectivity index (χ3v) is 2.82. The van der Waals surface area contributed by atoms with E-state index in [4.69, 9.17) is 0 Å². The molecule has 0 saturated carbocycles. The normalized spacial score (nSPS) is 15.3. The van der Waals surface area contributed by atoms with Gasteiger partial charge in [-0.2, -0.15) is 0 Å². The molecule has 0 heterocycles. The van der Waals surface area contributed by atoms with Crippen molar-refractivity contribution in [2.75, 3.05) is 0 Å². The molecule has 2 rings (SSSR count). The van der Waals surface area contributed by atoms with E-state index in [9.17, 15) is 4.39 Å². The number of hydrogen-bond donors (Lipinski definition) is 0. The van der Waals surface area contributed by atoms with Crippen LogP contribution in [0.3, 0.4) is 0 Å². The monoisotopic (exact) mass is 190 g/mol. The van der Waals surface area contributed by atoms with Gasteiger partial charge < -0.3 is 0 Å². The second-order valence-electron chi connectivity index (χ2n) is 4.90. The molecule has 1 aromatic carbocycles. The fraction of sp³-hybridized carbons (Fsp3) is 0.385. The van der Waals surface area contributed by atoms with Crippen LogP contribution in [0.5, 0.6) is 0 Å². The third kappa shape index (κ3) is 1.47. The van der Waals surface area contributed by atoms with Gasteiger partial charge in [0.25, 0.3) is 0 Å². The molecule has 0 unspecified atom stereocenters. The van der Waals surface area contributed by atoms with Crippen molar-refractivity contribution in [3.63, 3.8) is 0 Å². The maximum absolute atomic E-state index is 13.4. The van der Waals surface area contributed by atoms with E-state index >= 15 is 0 Å². The summed E-state index contributed by atoms with van der Waals surface area (Å²) in [5.74, 6) is -0.0713. The third-order valence-electron chi connectivity index (χ3n) is 2.82. The quantitative estimate of drug-likeness (QED) is 0.583. The molecule has 0 fully saturated rings. The molecule has 14 heavy (non-hydrogen) atoms. The zero-order valence-corrected chi connectivity index (χ0v) is 8.89. The predicted molar refractivity (Wildman–Crippen MR) is 57.5 cm³/mol. The van der Waals surface area contributed by atoms with Gasteiger partial charge in [0.2, 0.25) is 0 Å². The number of benzene rings is 1. The van der Waals surface area contributed by atoms with Crippen LogP contribution in [0.15, 0.2) is 23.8 Å². The van der Waals surface area contributed by atoms with Gasteiger partial charge in [0, 0.05) is 0 Å². The molecule has 0 atom stereocenters. The molecule has 1 aliphatic carbocycles. The van der Waals surface area contributed by atoms with Crippen LogP contribution < -0.4 is 0 Å². The van der Waals surface area contributed by atoms with Gasteiger partial charge in [-0.15, -0.1) is 0 Å². The smallest absolute Gasteiger partial charge is 0.127 e. The highest BCUT2D eigenvalue weighted by Crippen LogP contribution is 2.36. The summed E-state index contributed by atoms with van der Waals surface area (Å²) in [4.78, 5) is 0. The molecule has 0 amide bonds. The van der Waals surface area contributed by atoms with Gasteiger partial charge >= 0.3 is 0 Å². The number of rotatable bonds is 0. The van der Waals surface area contributed by atoms with Gasteiger partial charge in [-0.25, -0.2) is 4.39 Å². The second kappa shape index (κ2) is 2.94. The zero-order chi connectivity index (χ0) is 10.3. The van der Waals surface area contributed by atoms with E-state index in [1.807, 2.05) is 6.07 Å². The number of fused-ring (bicyclic) bond motifs is 1. The number of hydrogen-bond acceptors (Lipinski definition) is 0. The topological polar surface area (TPSA) is 0 Å². The average Bonchev–Trinajstić information content (AvgIpc) is 2.48. The highest BCUT2D eigenvalue weighted by atomic mass is 19.1. The molecular weight excluding hydrogens is 175 g/mol. The van der Waals surface area contributed by atoms with Gasteiger partial charge in [-0.3, -0.25) is 0 Å². The summed E-state index contributed by atoms with van der Waals surface area (Å²) in [7, 11) is 0. The first-order valence-corrected chi connectivity index (χ1v) is 4.97. The minimum Gasteiger partial charge on any atom is -0.207 e. The molecule has 0 radical (unpaired) electrons. The van der Waals surface area contributed by atoms with Crippen LogP contribution in [0.2, 0.25) is 0 Å². The molecule has 0 N–H and O–H groups in total. The summed E-state index contributed by atoms with van der Waals surface area (Å²) < 4.78 is 13.4. The summed E-state index contributed by atoms with van der Waals surface area (Å²) in [6.45, 7) is 6.51. The number of halogens is 1. The lowest BCUT2D eigenvalue weighted by molar-refractivity contribution is 0.495. The summed E-state index contributed by atoms with van der Waals surface area (Å²) in [5.41, 5.74) is 3.37. The average molecular weight is 190 g/mol. The Bertz CT molecular complexity index is 394. The van der Waals surface area contributed by atoms with E-state index < -0.39 is 0 Å². The SMILES string of the molecule is CC(C)(C)C1=Cc2cccc(F)c2C1. The Morgan fingerprint density at radius 1 is 1.21 bits per heavy atom. The van der Waals surface area contributed by atoms with E-state index in [0.717, 1.165) is 17.5 Å². The second-order valence-corrected chi connectivity index (χ2v) is 4.90.